The van der Waals surface area contributed by atoms with Crippen molar-refractivity contribution in [1.82, 2.24) is 0 Å². The van der Waals surface area contributed by atoms with Crippen molar-refractivity contribution >= 4 is 37.4 Å². The molecule has 1 N–H and O–H groups in total. The molecule has 4 nitrogen and oxygen atoms in total. The van der Waals surface area contributed by atoms with Crippen LogP contribution in [-0.4, -0.2) is 25.9 Å². The van der Waals surface area contributed by atoms with Gasteiger partial charge in [-0.15, -0.1) is 0 Å². The first-order valence-electron chi connectivity index (χ1n) is 5.59. The van der Waals surface area contributed by atoms with Crippen molar-refractivity contribution in [1.29, 1.82) is 0 Å². The predicted molar refractivity (Wildman–Crippen MR) is 75.8 cm³/mol. The monoisotopic (exact) mass is 333 g/mol. The van der Waals surface area contributed by atoms with Gasteiger partial charge in [-0.2, -0.15) is 0 Å². The second-order valence-electron chi connectivity index (χ2n) is 3.99. The number of anilines is 1. The van der Waals surface area contributed by atoms with Crippen LogP contribution in [-0.2, 0) is 14.6 Å². The molecule has 0 heterocycles. The van der Waals surface area contributed by atoms with E-state index in [-0.39, 0.29) is 10.8 Å². The third kappa shape index (κ3) is 5.18. The number of carbonyl (C=O) groups is 1. The fourth-order valence-corrected chi connectivity index (χ4v) is 2.42. The molecule has 0 aromatic heterocycles. The van der Waals surface area contributed by atoms with Crippen LogP contribution in [0.2, 0.25) is 0 Å². The highest BCUT2D eigenvalue weighted by Crippen LogP contribution is 2.14. The maximum absolute atomic E-state index is 11.5. The Hall–Kier alpha value is -0.880. The molecule has 0 radical (unpaired) electrons. The summed E-state index contributed by atoms with van der Waals surface area (Å²) in [5.41, 5.74) is 0.617. The van der Waals surface area contributed by atoms with Gasteiger partial charge in [0.1, 0.15) is 0 Å². The molecule has 0 saturated heterocycles. The third-order valence-electron chi connectivity index (χ3n) is 2.35. The summed E-state index contributed by atoms with van der Waals surface area (Å²) in [6.07, 6.45) is 3.42. The summed E-state index contributed by atoms with van der Waals surface area (Å²) < 4.78 is 22.5. The number of halogens is 1. The Kier molecular flexibility index (Phi) is 5.81. The molecule has 0 saturated carbocycles. The lowest BCUT2D eigenvalue weighted by Crippen LogP contribution is -2.11. The maximum atomic E-state index is 11.5. The zero-order chi connectivity index (χ0) is 13.6. The van der Waals surface area contributed by atoms with Crippen molar-refractivity contribution in [3.05, 3.63) is 24.3 Å². The summed E-state index contributed by atoms with van der Waals surface area (Å²) >= 11 is 3.30. The number of benzene rings is 1. The minimum atomic E-state index is -3.18. The first-order chi connectivity index (χ1) is 8.43. The van der Waals surface area contributed by atoms with Crippen LogP contribution in [0, 0.1) is 0 Å². The van der Waals surface area contributed by atoms with Gasteiger partial charge < -0.3 is 5.32 Å². The molecule has 1 aromatic carbocycles. The van der Waals surface area contributed by atoms with Crippen LogP contribution in [0.1, 0.15) is 19.3 Å². The van der Waals surface area contributed by atoms with Gasteiger partial charge in [0.05, 0.1) is 4.90 Å². The van der Waals surface area contributed by atoms with Crippen molar-refractivity contribution < 1.29 is 13.2 Å². The largest absolute Gasteiger partial charge is 0.326 e. The fourth-order valence-electron chi connectivity index (χ4n) is 1.39. The van der Waals surface area contributed by atoms with E-state index in [1.807, 2.05) is 0 Å². The highest BCUT2D eigenvalue weighted by atomic mass is 79.9. The molecule has 0 aliphatic rings. The van der Waals surface area contributed by atoms with Crippen LogP contribution in [0.4, 0.5) is 5.69 Å². The summed E-state index contributed by atoms with van der Waals surface area (Å²) in [5, 5.41) is 3.62. The average molecular weight is 334 g/mol. The topological polar surface area (TPSA) is 63.2 Å². The minimum absolute atomic E-state index is 0.0527. The van der Waals surface area contributed by atoms with E-state index >= 15 is 0 Å². The van der Waals surface area contributed by atoms with Gasteiger partial charge in [-0.3, -0.25) is 4.79 Å². The van der Waals surface area contributed by atoms with E-state index < -0.39 is 9.84 Å². The van der Waals surface area contributed by atoms with Crippen molar-refractivity contribution in [2.24, 2.45) is 0 Å². The van der Waals surface area contributed by atoms with E-state index in [4.69, 9.17) is 0 Å². The second-order valence-corrected chi connectivity index (χ2v) is 6.80. The number of alkyl halides is 1. The second kappa shape index (κ2) is 6.89. The molecule has 0 fully saturated rings. The predicted octanol–water partition coefficient (Wildman–Crippen LogP) is 2.59. The number of carbonyl (C=O) groups excluding carboxylic acids is 1. The number of hydrogen-bond acceptors (Lipinski definition) is 3. The van der Waals surface area contributed by atoms with Crippen LogP contribution < -0.4 is 5.32 Å². The SMILES string of the molecule is CS(=O)(=O)c1ccc(NC(=O)CCCCBr)cc1. The molecule has 0 unspecified atom stereocenters. The lowest BCUT2D eigenvalue weighted by molar-refractivity contribution is -0.116. The molecule has 0 aliphatic carbocycles. The molecular weight excluding hydrogens is 318 g/mol. The molecule has 1 amide bonds. The van der Waals surface area contributed by atoms with Crippen molar-refractivity contribution in [3.8, 4) is 0 Å². The Morgan fingerprint density at radius 2 is 1.83 bits per heavy atom. The molecule has 0 spiro atoms. The van der Waals surface area contributed by atoms with Gasteiger partial charge >= 0.3 is 0 Å². The molecule has 100 valence electrons. The van der Waals surface area contributed by atoms with E-state index in [0.29, 0.717) is 12.1 Å². The number of unbranched alkanes of at least 4 members (excludes halogenated alkanes) is 1. The molecule has 1 aromatic rings. The number of hydrogen-bond donors (Lipinski definition) is 1. The molecule has 1 rings (SSSR count). The van der Waals surface area contributed by atoms with E-state index in [0.717, 1.165) is 24.4 Å². The van der Waals surface area contributed by atoms with Crippen LogP contribution in [0.15, 0.2) is 29.2 Å². The summed E-state index contributed by atoms with van der Waals surface area (Å²) in [6.45, 7) is 0. The normalized spacial score (nSPS) is 11.2. The average Bonchev–Trinajstić information content (AvgIpc) is 2.29. The highest BCUT2D eigenvalue weighted by Gasteiger charge is 2.07. The van der Waals surface area contributed by atoms with E-state index in [2.05, 4.69) is 21.2 Å². The van der Waals surface area contributed by atoms with E-state index in [9.17, 15) is 13.2 Å². The standard InChI is InChI=1S/C12H16BrNO3S/c1-18(16,17)11-7-5-10(6-8-11)14-12(15)4-2-3-9-13/h5-8H,2-4,9H2,1H3,(H,14,15). The Morgan fingerprint density at radius 1 is 1.22 bits per heavy atom. The Morgan fingerprint density at radius 3 is 2.33 bits per heavy atom. The first kappa shape index (κ1) is 15.2. The summed E-state index contributed by atoms with van der Waals surface area (Å²) in [7, 11) is -3.18. The van der Waals surface area contributed by atoms with Crippen LogP contribution in [0.5, 0.6) is 0 Å². The maximum Gasteiger partial charge on any atom is 0.224 e. The van der Waals surface area contributed by atoms with Gasteiger partial charge in [-0.1, -0.05) is 15.9 Å². The molecule has 0 atom stereocenters. The summed E-state index contributed by atoms with van der Waals surface area (Å²) in [6, 6.07) is 6.17. The Balaban J connectivity index is 2.56. The smallest absolute Gasteiger partial charge is 0.224 e. The van der Waals surface area contributed by atoms with Crippen LogP contribution in [0.25, 0.3) is 0 Å². The Labute approximate surface area is 116 Å². The van der Waals surface area contributed by atoms with E-state index in [1.54, 1.807) is 12.1 Å². The van der Waals surface area contributed by atoms with Gasteiger partial charge in [0.2, 0.25) is 5.91 Å². The minimum Gasteiger partial charge on any atom is -0.326 e. The molecule has 0 bridgehead atoms. The molecule has 6 heteroatoms. The number of rotatable bonds is 6. The van der Waals surface area contributed by atoms with Crippen LogP contribution >= 0.6 is 15.9 Å². The first-order valence-corrected chi connectivity index (χ1v) is 8.60. The lowest BCUT2D eigenvalue weighted by Gasteiger charge is -2.05. The quantitative estimate of drug-likeness (QED) is 0.642. The zero-order valence-corrected chi connectivity index (χ0v) is 12.6. The molecule has 0 aliphatic heterocycles. The lowest BCUT2D eigenvalue weighted by atomic mass is 10.2. The zero-order valence-electron chi connectivity index (χ0n) is 10.1. The number of nitrogens with one attached hydrogen (secondary N) is 1. The van der Waals surface area contributed by atoms with Crippen molar-refractivity contribution in [2.75, 3.05) is 16.9 Å². The molecular formula is C12H16BrNO3S. The van der Waals surface area contributed by atoms with Gasteiger partial charge in [-0.25, -0.2) is 8.42 Å². The van der Waals surface area contributed by atoms with Crippen LogP contribution in [0.3, 0.4) is 0 Å². The summed E-state index contributed by atoms with van der Waals surface area (Å²) in [5.74, 6) is -0.0527. The van der Waals surface area contributed by atoms with Gasteiger partial charge in [0.15, 0.2) is 9.84 Å². The van der Waals surface area contributed by atoms with Gasteiger partial charge in [0, 0.05) is 23.7 Å². The summed E-state index contributed by atoms with van der Waals surface area (Å²) in [4.78, 5) is 11.8. The number of amides is 1. The van der Waals surface area contributed by atoms with E-state index in [1.165, 1.54) is 12.1 Å². The number of sulfone groups is 1. The fraction of sp³-hybridized carbons (Fsp3) is 0.417. The Bertz CT molecular complexity index is 497. The molecule has 18 heavy (non-hydrogen) atoms. The van der Waals surface area contributed by atoms with Crippen molar-refractivity contribution in [2.45, 2.75) is 24.2 Å². The highest BCUT2D eigenvalue weighted by molar-refractivity contribution is 9.09. The third-order valence-corrected chi connectivity index (χ3v) is 4.04. The van der Waals surface area contributed by atoms with Gasteiger partial charge in [-0.05, 0) is 37.1 Å². The van der Waals surface area contributed by atoms with Crippen molar-refractivity contribution in [3.63, 3.8) is 0 Å². The van der Waals surface area contributed by atoms with Gasteiger partial charge in [0.25, 0.3) is 0 Å².